The number of nitrogens with one attached hydrogen (secondary N) is 1. The maximum atomic E-state index is 11.8. The van der Waals surface area contributed by atoms with Gasteiger partial charge in [0.05, 0.1) is 6.61 Å². The zero-order valence-electron chi connectivity index (χ0n) is 11.5. The van der Waals surface area contributed by atoms with E-state index in [9.17, 15) is 15.0 Å². The lowest BCUT2D eigenvalue weighted by atomic mass is 10.1. The second-order valence-electron chi connectivity index (χ2n) is 4.63. The number of hydrogen-bond donors (Lipinski definition) is 4. The number of rotatable bonds is 4. The number of carbonyl (C=O) groups is 1. The Labute approximate surface area is 128 Å². The molecule has 1 aromatic heterocycles. The molecule has 0 spiro atoms. The molecule has 21 heavy (non-hydrogen) atoms. The molecule has 1 aromatic rings. The van der Waals surface area contributed by atoms with E-state index in [1.165, 1.54) is 10.8 Å². The van der Waals surface area contributed by atoms with Crippen LogP contribution in [0.1, 0.15) is 23.5 Å². The van der Waals surface area contributed by atoms with E-state index in [4.69, 9.17) is 9.84 Å². The molecule has 0 radical (unpaired) electrons. The van der Waals surface area contributed by atoms with Crippen LogP contribution in [0.2, 0.25) is 0 Å². The lowest BCUT2D eigenvalue weighted by Gasteiger charge is -2.10. The largest absolute Gasteiger partial charge is 1.00 e. The molecule has 7 nitrogen and oxygen atoms in total. The average molecular weight is 319 g/mol. The first kappa shape index (κ1) is 17.8. The van der Waals surface area contributed by atoms with Crippen LogP contribution in [0.3, 0.4) is 0 Å². The van der Waals surface area contributed by atoms with Crippen molar-refractivity contribution in [3.8, 4) is 0 Å². The van der Waals surface area contributed by atoms with E-state index < -0.39 is 24.5 Å². The quantitative estimate of drug-likeness (QED) is 0.418. The van der Waals surface area contributed by atoms with E-state index in [0.717, 1.165) is 0 Å². The molecule has 1 aliphatic heterocycles. The maximum absolute atomic E-state index is 11.8. The number of aliphatic hydroxyl groups is 3. The van der Waals surface area contributed by atoms with Gasteiger partial charge >= 0.3 is 0 Å². The summed E-state index contributed by atoms with van der Waals surface area (Å²) >= 11 is 0. The minimum absolute atomic E-state index is 0. The van der Waals surface area contributed by atoms with Crippen LogP contribution in [-0.4, -0.2) is 52.7 Å². The molecule has 2 heterocycles. The second kappa shape index (κ2) is 7.67. The van der Waals surface area contributed by atoms with Crippen LogP contribution in [0.5, 0.6) is 0 Å². The van der Waals surface area contributed by atoms with Gasteiger partial charge in [0.1, 0.15) is 17.8 Å². The van der Waals surface area contributed by atoms with Gasteiger partial charge in [-0.2, -0.15) is 4.57 Å². The number of hydrogen-bond acceptors (Lipinski definition) is 5. The summed E-state index contributed by atoms with van der Waals surface area (Å²) in [5, 5.41) is 31.4. The molecule has 4 atom stereocenters. The van der Waals surface area contributed by atoms with E-state index >= 15 is 0 Å². The highest BCUT2D eigenvalue weighted by molar-refractivity contribution is 5.93. The van der Waals surface area contributed by atoms with Gasteiger partial charge in [0, 0.05) is 12.6 Å². The van der Waals surface area contributed by atoms with Crippen molar-refractivity contribution in [2.75, 3.05) is 13.2 Å². The Morgan fingerprint density at radius 3 is 2.71 bits per heavy atom. The van der Waals surface area contributed by atoms with Crippen LogP contribution in [0.15, 0.2) is 24.5 Å². The number of halogens is 1. The van der Waals surface area contributed by atoms with Gasteiger partial charge in [-0.1, -0.05) is 0 Å². The molecule has 1 amide bonds. The summed E-state index contributed by atoms with van der Waals surface area (Å²) in [4.78, 5) is 11.8. The Bertz CT molecular complexity index is 487. The van der Waals surface area contributed by atoms with E-state index in [-0.39, 0.29) is 24.9 Å². The Morgan fingerprint density at radius 1 is 1.43 bits per heavy atom. The van der Waals surface area contributed by atoms with Gasteiger partial charge in [-0.3, -0.25) is 4.79 Å². The number of amides is 1. The lowest BCUT2D eigenvalue weighted by Crippen LogP contribution is -3.00. The van der Waals surface area contributed by atoms with Gasteiger partial charge < -0.3 is 37.8 Å². The van der Waals surface area contributed by atoms with Gasteiger partial charge in [-0.05, 0) is 13.0 Å². The Kier molecular flexibility index (Phi) is 6.50. The molecule has 1 saturated heterocycles. The molecular formula is C13H19ClN2O5. The number of aromatic nitrogens is 1. The van der Waals surface area contributed by atoms with Crippen LogP contribution >= 0.6 is 0 Å². The molecule has 4 N–H and O–H groups in total. The molecule has 0 saturated carbocycles. The third kappa shape index (κ3) is 3.69. The Hall–Kier alpha value is -1.25. The van der Waals surface area contributed by atoms with Crippen LogP contribution in [0.4, 0.5) is 0 Å². The highest BCUT2D eigenvalue weighted by Crippen LogP contribution is 2.25. The molecular weight excluding hydrogens is 300 g/mol. The van der Waals surface area contributed by atoms with Crippen molar-refractivity contribution in [2.24, 2.45) is 0 Å². The van der Waals surface area contributed by atoms with Crippen molar-refractivity contribution < 1.29 is 41.8 Å². The first-order chi connectivity index (χ1) is 9.58. The van der Waals surface area contributed by atoms with Crippen LogP contribution < -0.4 is 22.3 Å². The highest BCUT2D eigenvalue weighted by atomic mass is 35.5. The molecule has 118 valence electrons. The first-order valence-electron chi connectivity index (χ1n) is 6.50. The number of nitrogens with zero attached hydrogens (tertiary/aromatic N) is 1. The highest BCUT2D eigenvalue weighted by Gasteiger charge is 2.47. The van der Waals surface area contributed by atoms with Crippen molar-refractivity contribution in [1.29, 1.82) is 0 Å². The van der Waals surface area contributed by atoms with Gasteiger partial charge in [0.25, 0.3) is 12.1 Å². The van der Waals surface area contributed by atoms with E-state index in [0.29, 0.717) is 12.1 Å². The third-order valence-electron chi connectivity index (χ3n) is 3.23. The smallest absolute Gasteiger partial charge is 0.292 e. The van der Waals surface area contributed by atoms with Crippen LogP contribution in [-0.2, 0) is 4.74 Å². The topological polar surface area (TPSA) is 103 Å². The third-order valence-corrected chi connectivity index (χ3v) is 3.23. The fraction of sp³-hybridized carbons (Fsp3) is 0.538. The SMILES string of the molecule is CCNC(=O)c1ccc[n+]([C@@H]2O[C@H](CO)[C@@H](O)[C@H]2O)c1.[Cl-]. The van der Waals surface area contributed by atoms with Crippen LogP contribution in [0.25, 0.3) is 0 Å². The van der Waals surface area contributed by atoms with Crippen LogP contribution in [0, 0.1) is 0 Å². The van der Waals surface area contributed by atoms with Crippen molar-refractivity contribution in [3.05, 3.63) is 30.1 Å². The molecule has 1 fully saturated rings. The fourth-order valence-electron chi connectivity index (χ4n) is 2.17. The lowest BCUT2D eigenvalue weighted by molar-refractivity contribution is -0.765. The number of aliphatic hydroxyl groups excluding tert-OH is 3. The van der Waals surface area contributed by atoms with Crippen molar-refractivity contribution >= 4 is 5.91 Å². The van der Waals surface area contributed by atoms with Crippen molar-refractivity contribution in [2.45, 2.75) is 31.5 Å². The van der Waals surface area contributed by atoms with Gasteiger partial charge in [0.15, 0.2) is 18.5 Å². The predicted molar refractivity (Wildman–Crippen MR) is 67.7 cm³/mol. The first-order valence-corrected chi connectivity index (χ1v) is 6.50. The summed E-state index contributed by atoms with van der Waals surface area (Å²) in [6, 6.07) is 3.29. The molecule has 1 aliphatic rings. The Morgan fingerprint density at radius 2 is 2.14 bits per heavy atom. The molecule has 8 heteroatoms. The standard InChI is InChI=1S/C13H18N2O5.ClH/c1-2-14-12(19)8-4-3-5-15(6-8)13-11(18)10(17)9(7-16)20-13;/h3-6,9-11,13,16-18H,2,7H2,1H3;1H/t9-,10-,11-,13-;/m1./s1. The minimum atomic E-state index is -1.17. The zero-order chi connectivity index (χ0) is 14.7. The summed E-state index contributed by atoms with van der Waals surface area (Å²) in [7, 11) is 0. The van der Waals surface area contributed by atoms with Gasteiger partial charge in [0.2, 0.25) is 0 Å². The Balaban J connectivity index is 0.00000220. The summed E-state index contributed by atoms with van der Waals surface area (Å²) in [6.45, 7) is 1.95. The monoisotopic (exact) mass is 318 g/mol. The van der Waals surface area contributed by atoms with Crippen molar-refractivity contribution in [1.82, 2.24) is 5.32 Å². The van der Waals surface area contributed by atoms with Gasteiger partial charge in [-0.25, -0.2) is 0 Å². The number of ether oxygens (including phenoxy) is 1. The summed E-state index contributed by atoms with van der Waals surface area (Å²) in [5.41, 5.74) is 0.423. The van der Waals surface area contributed by atoms with E-state index in [1.54, 1.807) is 18.3 Å². The van der Waals surface area contributed by atoms with Gasteiger partial charge in [-0.15, -0.1) is 0 Å². The maximum Gasteiger partial charge on any atom is 0.292 e. The molecule has 0 bridgehead atoms. The second-order valence-corrected chi connectivity index (χ2v) is 4.63. The number of carbonyl (C=O) groups excluding carboxylic acids is 1. The minimum Gasteiger partial charge on any atom is -1.00 e. The van der Waals surface area contributed by atoms with Crippen molar-refractivity contribution in [3.63, 3.8) is 0 Å². The molecule has 0 unspecified atom stereocenters. The fourth-order valence-corrected chi connectivity index (χ4v) is 2.17. The average Bonchev–Trinajstić information content (AvgIpc) is 2.75. The summed E-state index contributed by atoms with van der Waals surface area (Å²) in [5.74, 6) is -0.228. The van der Waals surface area contributed by atoms with E-state index in [2.05, 4.69) is 5.32 Å². The molecule has 2 rings (SSSR count). The predicted octanol–water partition coefficient (Wildman–Crippen LogP) is -4.66. The summed E-state index contributed by atoms with van der Waals surface area (Å²) < 4.78 is 6.91. The molecule has 0 aliphatic carbocycles. The number of pyridine rings is 1. The zero-order valence-corrected chi connectivity index (χ0v) is 12.3. The summed E-state index contributed by atoms with van der Waals surface area (Å²) in [6.07, 6.45) is -0.839. The van der Waals surface area contributed by atoms with E-state index in [1.807, 2.05) is 6.92 Å². The normalized spacial score (nSPS) is 28.0. The molecule has 0 aromatic carbocycles.